The molecule has 0 unspecified atom stereocenters. The van der Waals surface area contributed by atoms with Crippen LogP contribution in [0.5, 0.6) is 17.2 Å². The van der Waals surface area contributed by atoms with Crippen LogP contribution in [0, 0.1) is 0 Å². The van der Waals surface area contributed by atoms with Crippen LogP contribution in [0.2, 0.25) is 0 Å². The smallest absolute Gasteiger partial charge is 0.265 e. The number of likely N-dealkylation sites (tertiary alicyclic amines) is 1. The van der Waals surface area contributed by atoms with Gasteiger partial charge in [0.05, 0.1) is 19.3 Å². The van der Waals surface area contributed by atoms with Crippen molar-refractivity contribution in [3.8, 4) is 17.2 Å². The fourth-order valence-corrected chi connectivity index (χ4v) is 3.81. The lowest BCUT2D eigenvalue weighted by Crippen LogP contribution is -2.53. The van der Waals surface area contributed by atoms with Gasteiger partial charge in [-0.15, -0.1) is 0 Å². The second-order valence-electron chi connectivity index (χ2n) is 7.43. The van der Waals surface area contributed by atoms with E-state index in [0.29, 0.717) is 17.2 Å². The molecule has 1 fully saturated rings. The summed E-state index contributed by atoms with van der Waals surface area (Å²) in [5.74, 6) is 1.55. The Morgan fingerprint density at radius 2 is 1.70 bits per heavy atom. The summed E-state index contributed by atoms with van der Waals surface area (Å²) >= 11 is 0. The maximum Gasteiger partial charge on any atom is 0.265 e. The summed E-state index contributed by atoms with van der Waals surface area (Å²) in [6.07, 6.45) is 2.45. The summed E-state index contributed by atoms with van der Waals surface area (Å²) in [5.41, 5.74) is 0.656. The van der Waals surface area contributed by atoms with Crippen molar-refractivity contribution in [2.45, 2.75) is 25.4 Å². The predicted octanol–water partition coefficient (Wildman–Crippen LogP) is 2.88. The molecular formula is C23H26N2O5. The molecule has 0 aromatic heterocycles. The molecule has 2 heterocycles. The van der Waals surface area contributed by atoms with Crippen LogP contribution >= 0.6 is 0 Å². The Bertz CT molecular complexity index is 893. The van der Waals surface area contributed by atoms with Gasteiger partial charge < -0.3 is 24.0 Å². The first-order valence-electron chi connectivity index (χ1n) is 10.3. The van der Waals surface area contributed by atoms with Crippen molar-refractivity contribution in [1.82, 2.24) is 4.90 Å². The Labute approximate surface area is 176 Å². The maximum atomic E-state index is 13.0. The largest absolute Gasteiger partial charge is 0.497 e. The minimum Gasteiger partial charge on any atom is -0.497 e. The third-order valence-electron chi connectivity index (χ3n) is 5.44. The van der Waals surface area contributed by atoms with E-state index in [0.717, 1.165) is 38.1 Å². The van der Waals surface area contributed by atoms with E-state index in [9.17, 15) is 9.59 Å². The van der Waals surface area contributed by atoms with E-state index in [1.165, 1.54) is 0 Å². The van der Waals surface area contributed by atoms with Crippen LogP contribution in [0.15, 0.2) is 48.5 Å². The monoisotopic (exact) mass is 410 g/mol. The Morgan fingerprint density at radius 1 is 1.00 bits per heavy atom. The summed E-state index contributed by atoms with van der Waals surface area (Å²) in [4.78, 5) is 29.4. The fourth-order valence-electron chi connectivity index (χ4n) is 3.81. The maximum absolute atomic E-state index is 13.0. The van der Waals surface area contributed by atoms with Crippen molar-refractivity contribution in [2.75, 3.05) is 38.3 Å². The first kappa shape index (κ1) is 20.1. The molecule has 0 spiro atoms. The molecule has 158 valence electrons. The van der Waals surface area contributed by atoms with Gasteiger partial charge >= 0.3 is 0 Å². The number of nitrogens with zero attached hydrogens (tertiary/aromatic N) is 2. The molecule has 0 radical (unpaired) electrons. The van der Waals surface area contributed by atoms with E-state index in [1.807, 2.05) is 23.1 Å². The lowest BCUT2D eigenvalue weighted by Gasteiger charge is -2.37. The van der Waals surface area contributed by atoms with Gasteiger partial charge in [-0.3, -0.25) is 9.59 Å². The van der Waals surface area contributed by atoms with Crippen molar-refractivity contribution in [3.05, 3.63) is 48.5 Å². The number of rotatable bonds is 5. The quantitative estimate of drug-likeness (QED) is 0.758. The highest BCUT2D eigenvalue weighted by Crippen LogP contribution is 2.34. The van der Waals surface area contributed by atoms with E-state index in [4.69, 9.17) is 14.2 Å². The van der Waals surface area contributed by atoms with Crippen molar-refractivity contribution in [3.63, 3.8) is 0 Å². The van der Waals surface area contributed by atoms with Crippen LogP contribution in [-0.2, 0) is 9.59 Å². The average molecular weight is 410 g/mol. The molecule has 0 bridgehead atoms. The van der Waals surface area contributed by atoms with E-state index >= 15 is 0 Å². The van der Waals surface area contributed by atoms with Gasteiger partial charge in [-0.1, -0.05) is 12.1 Å². The van der Waals surface area contributed by atoms with Gasteiger partial charge in [0.2, 0.25) is 0 Å². The number of benzene rings is 2. The number of hydrogen-bond donors (Lipinski definition) is 0. The number of carbonyl (C=O) groups excluding carboxylic acids is 2. The normalized spacial score (nSPS) is 18.2. The molecule has 30 heavy (non-hydrogen) atoms. The molecule has 2 aromatic carbocycles. The van der Waals surface area contributed by atoms with Crippen molar-refractivity contribution < 1.29 is 23.8 Å². The molecule has 1 saturated heterocycles. The highest BCUT2D eigenvalue weighted by atomic mass is 16.5. The highest BCUT2D eigenvalue weighted by Gasteiger charge is 2.36. The van der Waals surface area contributed by atoms with Gasteiger partial charge in [0, 0.05) is 13.1 Å². The van der Waals surface area contributed by atoms with Gasteiger partial charge in [-0.05, 0) is 55.7 Å². The van der Waals surface area contributed by atoms with Crippen molar-refractivity contribution in [2.24, 2.45) is 0 Å². The van der Waals surface area contributed by atoms with E-state index in [1.54, 1.807) is 42.3 Å². The average Bonchev–Trinajstić information content (AvgIpc) is 2.82. The van der Waals surface area contributed by atoms with Gasteiger partial charge in [0.1, 0.15) is 17.2 Å². The fraction of sp³-hybridized carbons (Fsp3) is 0.391. The zero-order valence-electron chi connectivity index (χ0n) is 17.1. The molecular weight excluding hydrogens is 384 g/mol. The second-order valence-corrected chi connectivity index (χ2v) is 7.43. The standard InChI is InChI=1S/C23H26N2O5/c1-28-17-9-11-18(12-10-17)29-16-22(26)25-15-21(23(27)24-13-5-2-6-14-24)30-20-8-4-3-7-19(20)25/h3-4,7-12,21H,2,5-6,13-16H2,1H3/t21-/m0/s1. The van der Waals surface area contributed by atoms with Crippen LogP contribution in [0.4, 0.5) is 5.69 Å². The minimum absolute atomic E-state index is 0.0573. The number of para-hydroxylation sites is 2. The Morgan fingerprint density at radius 3 is 2.43 bits per heavy atom. The molecule has 0 saturated carbocycles. The number of fused-ring (bicyclic) bond motifs is 1. The SMILES string of the molecule is COc1ccc(OCC(=O)N2C[C@@H](C(=O)N3CCCCC3)Oc3ccccc32)cc1. The summed E-state index contributed by atoms with van der Waals surface area (Å²) in [7, 11) is 1.59. The number of hydrogen-bond acceptors (Lipinski definition) is 5. The molecule has 0 N–H and O–H groups in total. The molecule has 2 amide bonds. The topological polar surface area (TPSA) is 68.3 Å². The van der Waals surface area contributed by atoms with Crippen LogP contribution in [0.3, 0.4) is 0 Å². The molecule has 1 atom stereocenters. The second kappa shape index (κ2) is 9.07. The molecule has 2 aliphatic heterocycles. The number of ether oxygens (including phenoxy) is 3. The van der Waals surface area contributed by atoms with E-state index in [2.05, 4.69) is 0 Å². The lowest BCUT2D eigenvalue weighted by atomic mass is 10.1. The molecule has 7 nitrogen and oxygen atoms in total. The third kappa shape index (κ3) is 4.35. The van der Waals surface area contributed by atoms with Gasteiger partial charge in [-0.25, -0.2) is 0 Å². The molecule has 7 heteroatoms. The number of carbonyl (C=O) groups is 2. The Hall–Kier alpha value is -3.22. The summed E-state index contributed by atoms with van der Waals surface area (Å²) in [5, 5.41) is 0. The molecule has 2 aliphatic rings. The van der Waals surface area contributed by atoms with E-state index in [-0.39, 0.29) is 25.0 Å². The van der Waals surface area contributed by atoms with Crippen LogP contribution in [-0.4, -0.2) is 56.2 Å². The minimum atomic E-state index is -0.706. The highest BCUT2D eigenvalue weighted by molar-refractivity contribution is 5.98. The lowest BCUT2D eigenvalue weighted by molar-refractivity contribution is -0.139. The number of methoxy groups -OCH3 is 1. The summed E-state index contributed by atoms with van der Waals surface area (Å²) < 4.78 is 16.8. The first-order chi connectivity index (χ1) is 14.7. The number of amides is 2. The van der Waals surface area contributed by atoms with Crippen molar-refractivity contribution in [1.29, 1.82) is 0 Å². The number of anilines is 1. The van der Waals surface area contributed by atoms with Gasteiger partial charge in [-0.2, -0.15) is 0 Å². The van der Waals surface area contributed by atoms with Crippen molar-refractivity contribution >= 4 is 17.5 Å². The summed E-state index contributed by atoms with van der Waals surface area (Å²) in [6, 6.07) is 14.3. The molecule has 2 aromatic rings. The predicted molar refractivity (Wildman–Crippen MR) is 112 cm³/mol. The van der Waals surface area contributed by atoms with Gasteiger partial charge in [0.15, 0.2) is 12.7 Å². The first-order valence-corrected chi connectivity index (χ1v) is 10.3. The zero-order valence-corrected chi connectivity index (χ0v) is 17.1. The van der Waals surface area contributed by atoms with Crippen LogP contribution in [0.1, 0.15) is 19.3 Å². The number of piperidine rings is 1. The Balaban J connectivity index is 1.47. The van der Waals surface area contributed by atoms with Crippen LogP contribution < -0.4 is 19.1 Å². The third-order valence-corrected chi connectivity index (χ3v) is 5.44. The summed E-state index contributed by atoms with van der Waals surface area (Å²) in [6.45, 7) is 1.53. The van der Waals surface area contributed by atoms with Crippen LogP contribution in [0.25, 0.3) is 0 Å². The van der Waals surface area contributed by atoms with E-state index < -0.39 is 6.10 Å². The van der Waals surface area contributed by atoms with Gasteiger partial charge in [0.25, 0.3) is 11.8 Å². The molecule has 0 aliphatic carbocycles. The molecule has 4 rings (SSSR count). The Kier molecular flexibility index (Phi) is 6.07. The zero-order chi connectivity index (χ0) is 20.9.